The Balaban J connectivity index is 1.95. The van der Waals surface area contributed by atoms with Gasteiger partial charge in [-0.3, -0.25) is 0 Å². The predicted octanol–water partition coefficient (Wildman–Crippen LogP) is 2.84. The van der Waals surface area contributed by atoms with E-state index in [9.17, 15) is 0 Å². The molecule has 1 aromatic carbocycles. The van der Waals surface area contributed by atoms with Crippen molar-refractivity contribution in [1.82, 2.24) is 9.55 Å². The number of rotatable bonds is 2. The third-order valence-corrected chi connectivity index (χ3v) is 3.21. The minimum atomic E-state index is 0.896. The summed E-state index contributed by atoms with van der Waals surface area (Å²) in [7, 11) is 0. The van der Waals surface area contributed by atoms with E-state index in [-0.39, 0.29) is 0 Å². The summed E-state index contributed by atoms with van der Waals surface area (Å²) in [6.07, 6.45) is 6.18. The summed E-state index contributed by atoms with van der Waals surface area (Å²) < 4.78 is 2.29. The Morgan fingerprint density at radius 2 is 2.14 bits per heavy atom. The zero-order valence-corrected chi connectivity index (χ0v) is 8.19. The van der Waals surface area contributed by atoms with Gasteiger partial charge in [0.05, 0.1) is 17.4 Å². The second-order valence-electron chi connectivity index (χ2n) is 4.18. The number of hydrogen-bond donors (Lipinski definition) is 0. The second-order valence-corrected chi connectivity index (χ2v) is 4.18. The number of benzene rings is 1. The van der Waals surface area contributed by atoms with Crippen LogP contribution in [0.2, 0.25) is 0 Å². The van der Waals surface area contributed by atoms with Gasteiger partial charge in [0.2, 0.25) is 0 Å². The van der Waals surface area contributed by atoms with Gasteiger partial charge < -0.3 is 4.57 Å². The van der Waals surface area contributed by atoms with E-state index in [1.54, 1.807) is 0 Å². The van der Waals surface area contributed by atoms with Gasteiger partial charge in [0.1, 0.15) is 0 Å². The van der Waals surface area contributed by atoms with E-state index in [0.717, 1.165) is 18.0 Å². The minimum Gasteiger partial charge on any atom is -0.330 e. The van der Waals surface area contributed by atoms with Crippen LogP contribution in [0.15, 0.2) is 30.6 Å². The van der Waals surface area contributed by atoms with Crippen molar-refractivity contribution < 1.29 is 0 Å². The van der Waals surface area contributed by atoms with E-state index >= 15 is 0 Å². The van der Waals surface area contributed by atoms with Crippen LogP contribution < -0.4 is 0 Å². The fourth-order valence-corrected chi connectivity index (χ4v) is 2.11. The van der Waals surface area contributed by atoms with Crippen LogP contribution in [0.3, 0.4) is 0 Å². The first-order valence-corrected chi connectivity index (χ1v) is 5.33. The highest BCUT2D eigenvalue weighted by molar-refractivity contribution is 5.74. The summed E-state index contributed by atoms with van der Waals surface area (Å²) in [6, 6.07) is 8.36. The second kappa shape index (κ2) is 3.12. The molecule has 2 aromatic rings. The van der Waals surface area contributed by atoms with Crippen LogP contribution >= 0.6 is 0 Å². The summed E-state index contributed by atoms with van der Waals surface area (Å²) in [5.74, 6) is 0.896. The molecule has 2 nitrogen and oxygen atoms in total. The van der Waals surface area contributed by atoms with E-state index < -0.39 is 0 Å². The molecule has 0 atom stereocenters. The number of fused-ring (bicyclic) bond motifs is 1. The summed E-state index contributed by atoms with van der Waals surface area (Å²) >= 11 is 0. The summed E-state index contributed by atoms with van der Waals surface area (Å²) in [6.45, 7) is 1.15. The molecule has 0 radical (unpaired) electrons. The lowest BCUT2D eigenvalue weighted by Gasteiger charge is -2.25. The smallest absolute Gasteiger partial charge is 0.0958 e. The molecule has 1 aliphatic rings. The molecule has 0 amide bonds. The van der Waals surface area contributed by atoms with Gasteiger partial charge in [-0.25, -0.2) is 4.98 Å². The number of hydrogen-bond acceptors (Lipinski definition) is 1. The molecular weight excluding hydrogens is 172 g/mol. The molecule has 0 unspecified atom stereocenters. The normalized spacial score (nSPS) is 17.1. The zero-order chi connectivity index (χ0) is 9.38. The highest BCUT2D eigenvalue weighted by Gasteiger charge is 2.18. The van der Waals surface area contributed by atoms with E-state index in [4.69, 9.17) is 0 Å². The van der Waals surface area contributed by atoms with Crippen molar-refractivity contribution >= 4 is 11.0 Å². The van der Waals surface area contributed by atoms with Gasteiger partial charge in [-0.15, -0.1) is 0 Å². The Hall–Kier alpha value is -1.31. The molecule has 0 N–H and O–H groups in total. The summed E-state index contributed by atoms with van der Waals surface area (Å²) in [5.41, 5.74) is 2.39. The van der Waals surface area contributed by atoms with Crippen molar-refractivity contribution in [2.45, 2.75) is 25.8 Å². The average Bonchev–Trinajstić information content (AvgIpc) is 2.55. The van der Waals surface area contributed by atoms with Crippen LogP contribution in [0, 0.1) is 5.92 Å². The molecule has 14 heavy (non-hydrogen) atoms. The molecule has 3 rings (SSSR count). The van der Waals surface area contributed by atoms with Crippen LogP contribution in [-0.4, -0.2) is 9.55 Å². The monoisotopic (exact) mass is 186 g/mol. The quantitative estimate of drug-likeness (QED) is 0.705. The van der Waals surface area contributed by atoms with Crippen molar-refractivity contribution in [2.75, 3.05) is 0 Å². The summed E-state index contributed by atoms with van der Waals surface area (Å²) in [5, 5.41) is 0. The Morgan fingerprint density at radius 3 is 2.93 bits per heavy atom. The van der Waals surface area contributed by atoms with Gasteiger partial charge in [-0.2, -0.15) is 0 Å². The van der Waals surface area contributed by atoms with Gasteiger partial charge in [-0.05, 0) is 30.9 Å². The molecule has 1 heterocycles. The lowest BCUT2D eigenvalue weighted by molar-refractivity contribution is 0.279. The van der Waals surface area contributed by atoms with Crippen LogP contribution in [0.1, 0.15) is 19.3 Å². The predicted molar refractivity (Wildman–Crippen MR) is 57.1 cm³/mol. The lowest BCUT2D eigenvalue weighted by Crippen LogP contribution is -2.17. The van der Waals surface area contributed by atoms with Gasteiger partial charge in [0.15, 0.2) is 0 Å². The number of nitrogens with zero attached hydrogens (tertiary/aromatic N) is 2. The molecule has 1 aromatic heterocycles. The molecule has 2 heteroatoms. The average molecular weight is 186 g/mol. The minimum absolute atomic E-state index is 0.896. The third kappa shape index (κ3) is 1.22. The maximum absolute atomic E-state index is 4.39. The largest absolute Gasteiger partial charge is 0.330 e. The highest BCUT2D eigenvalue weighted by atomic mass is 15.0. The number of aromatic nitrogens is 2. The van der Waals surface area contributed by atoms with Gasteiger partial charge in [0.25, 0.3) is 0 Å². The van der Waals surface area contributed by atoms with Crippen LogP contribution in [-0.2, 0) is 6.54 Å². The molecule has 1 fully saturated rings. The molecule has 0 spiro atoms. The van der Waals surface area contributed by atoms with Crippen LogP contribution in [0.4, 0.5) is 0 Å². The Bertz CT molecular complexity index is 440. The first kappa shape index (κ1) is 8.04. The fraction of sp³-hybridized carbons (Fsp3) is 0.417. The molecule has 1 aliphatic carbocycles. The lowest BCUT2D eigenvalue weighted by atomic mass is 9.85. The van der Waals surface area contributed by atoms with Crippen LogP contribution in [0.25, 0.3) is 11.0 Å². The molecule has 1 saturated carbocycles. The topological polar surface area (TPSA) is 17.8 Å². The van der Waals surface area contributed by atoms with E-state index in [0.29, 0.717) is 0 Å². The van der Waals surface area contributed by atoms with E-state index in [1.165, 1.54) is 24.8 Å². The first-order chi connectivity index (χ1) is 6.93. The molecule has 72 valence electrons. The number of imidazole rings is 1. The maximum Gasteiger partial charge on any atom is 0.0958 e. The Kier molecular flexibility index (Phi) is 1.79. The number of para-hydroxylation sites is 2. The van der Waals surface area contributed by atoms with E-state index in [2.05, 4.69) is 27.8 Å². The molecule has 0 saturated heterocycles. The highest BCUT2D eigenvalue weighted by Crippen LogP contribution is 2.28. The molecular formula is C12H14N2. The van der Waals surface area contributed by atoms with Crippen molar-refractivity contribution in [3.05, 3.63) is 30.6 Å². The van der Waals surface area contributed by atoms with Gasteiger partial charge in [-0.1, -0.05) is 18.6 Å². The van der Waals surface area contributed by atoms with Crippen molar-refractivity contribution in [2.24, 2.45) is 5.92 Å². The van der Waals surface area contributed by atoms with Crippen molar-refractivity contribution in [3.8, 4) is 0 Å². The van der Waals surface area contributed by atoms with Crippen molar-refractivity contribution in [1.29, 1.82) is 0 Å². The SMILES string of the molecule is c1ccc2c(c1)ncn2CC1CCC1. The van der Waals surface area contributed by atoms with Gasteiger partial charge >= 0.3 is 0 Å². The Labute approximate surface area is 83.6 Å². The molecule has 0 aliphatic heterocycles. The van der Waals surface area contributed by atoms with Crippen LogP contribution in [0.5, 0.6) is 0 Å². The first-order valence-electron chi connectivity index (χ1n) is 5.33. The fourth-order valence-electron chi connectivity index (χ4n) is 2.11. The summed E-state index contributed by atoms with van der Waals surface area (Å²) in [4.78, 5) is 4.39. The van der Waals surface area contributed by atoms with Gasteiger partial charge in [0, 0.05) is 6.54 Å². The standard InChI is InChI=1S/C12H14N2/c1-2-7-12-11(6-1)13-9-14(12)8-10-4-3-5-10/h1-2,6-7,9-10H,3-5,8H2. The van der Waals surface area contributed by atoms with Crippen molar-refractivity contribution in [3.63, 3.8) is 0 Å². The third-order valence-electron chi connectivity index (χ3n) is 3.21. The molecule has 0 bridgehead atoms. The zero-order valence-electron chi connectivity index (χ0n) is 8.19. The van der Waals surface area contributed by atoms with E-state index in [1.807, 2.05) is 12.4 Å². The maximum atomic E-state index is 4.39. The Morgan fingerprint density at radius 1 is 1.29 bits per heavy atom.